The number of unbranched alkanes of at least 4 members (excludes halogenated alkanes) is 2. The number of aromatic nitrogens is 1. The fourth-order valence-electron chi connectivity index (χ4n) is 2.37. The summed E-state index contributed by atoms with van der Waals surface area (Å²) in [7, 11) is 0. The van der Waals surface area contributed by atoms with E-state index in [-0.39, 0.29) is 12.7 Å². The number of rotatable bonds is 8. The monoisotopic (exact) mass is 349 g/mol. The second kappa shape index (κ2) is 9.25. The number of nitrogens with zero attached hydrogens (tertiary/aromatic N) is 1. The van der Waals surface area contributed by atoms with Crippen LogP contribution in [0.3, 0.4) is 0 Å². The number of alkyl halides is 3. The van der Waals surface area contributed by atoms with E-state index in [9.17, 15) is 13.2 Å². The lowest BCUT2D eigenvalue weighted by Gasteiger charge is -2.06. The van der Waals surface area contributed by atoms with E-state index >= 15 is 0 Å². The largest absolute Gasteiger partial charge is 0.490 e. The predicted molar refractivity (Wildman–Crippen MR) is 93.6 cm³/mol. The van der Waals surface area contributed by atoms with Gasteiger partial charge in [0.05, 0.1) is 5.69 Å². The molecule has 2 nitrogen and oxygen atoms in total. The van der Waals surface area contributed by atoms with Crippen molar-refractivity contribution in [1.29, 1.82) is 0 Å². The zero-order valence-electron chi connectivity index (χ0n) is 14.2. The van der Waals surface area contributed by atoms with Crippen LogP contribution in [0.25, 0.3) is 11.3 Å². The maximum absolute atomic E-state index is 12.0. The van der Waals surface area contributed by atoms with Crippen molar-refractivity contribution in [1.82, 2.24) is 4.98 Å². The first-order valence-electron chi connectivity index (χ1n) is 8.40. The van der Waals surface area contributed by atoms with Crippen molar-refractivity contribution in [3.8, 4) is 17.0 Å². The van der Waals surface area contributed by atoms with Crippen molar-refractivity contribution in [2.75, 3.05) is 6.61 Å². The summed E-state index contributed by atoms with van der Waals surface area (Å²) in [5.41, 5.74) is 3.04. The first-order valence-corrected chi connectivity index (χ1v) is 8.40. The summed E-state index contributed by atoms with van der Waals surface area (Å²) in [6, 6.07) is 11.2. The van der Waals surface area contributed by atoms with Crippen LogP contribution in [0.1, 0.15) is 31.7 Å². The zero-order chi connectivity index (χ0) is 18.1. The van der Waals surface area contributed by atoms with Crippen LogP contribution < -0.4 is 4.74 Å². The Labute approximate surface area is 146 Å². The van der Waals surface area contributed by atoms with E-state index in [1.165, 1.54) is 24.8 Å². The number of allylic oxidation sites excluding steroid dienone is 1. The van der Waals surface area contributed by atoms with Crippen LogP contribution in [0.15, 0.2) is 54.7 Å². The van der Waals surface area contributed by atoms with Gasteiger partial charge in [-0.3, -0.25) is 4.98 Å². The van der Waals surface area contributed by atoms with Gasteiger partial charge in [0.2, 0.25) is 0 Å². The molecule has 5 heteroatoms. The molecule has 0 N–H and O–H groups in total. The van der Waals surface area contributed by atoms with E-state index in [1.54, 1.807) is 12.1 Å². The van der Waals surface area contributed by atoms with Gasteiger partial charge in [0.25, 0.3) is 0 Å². The van der Waals surface area contributed by atoms with Crippen LogP contribution >= 0.6 is 0 Å². The summed E-state index contributed by atoms with van der Waals surface area (Å²) >= 11 is 0. The van der Waals surface area contributed by atoms with Crippen molar-refractivity contribution < 1.29 is 17.9 Å². The molecule has 0 saturated carbocycles. The van der Waals surface area contributed by atoms with Gasteiger partial charge in [0.15, 0.2) is 0 Å². The van der Waals surface area contributed by atoms with Gasteiger partial charge in [-0.05, 0) is 54.8 Å². The van der Waals surface area contributed by atoms with Crippen LogP contribution in [0, 0.1) is 0 Å². The van der Waals surface area contributed by atoms with E-state index in [0.717, 1.165) is 23.8 Å². The van der Waals surface area contributed by atoms with Gasteiger partial charge < -0.3 is 4.74 Å². The molecule has 1 aromatic carbocycles. The highest BCUT2D eigenvalue weighted by Gasteiger charge is 2.21. The van der Waals surface area contributed by atoms with E-state index in [2.05, 4.69) is 18.0 Å². The number of hydrogen-bond donors (Lipinski definition) is 0. The fraction of sp³-hybridized carbons (Fsp3) is 0.350. The zero-order valence-corrected chi connectivity index (χ0v) is 14.2. The summed E-state index contributed by atoms with van der Waals surface area (Å²) < 4.78 is 41.2. The fourth-order valence-corrected chi connectivity index (χ4v) is 2.37. The Hall–Kier alpha value is -2.30. The van der Waals surface area contributed by atoms with Crippen molar-refractivity contribution in [2.24, 2.45) is 0 Å². The van der Waals surface area contributed by atoms with Crippen molar-refractivity contribution in [2.45, 2.75) is 38.8 Å². The number of pyridine rings is 1. The van der Waals surface area contributed by atoms with Gasteiger partial charge in [-0.1, -0.05) is 25.8 Å². The summed E-state index contributed by atoms with van der Waals surface area (Å²) in [5.74, 6) is 0.520. The Morgan fingerprint density at radius 3 is 2.40 bits per heavy atom. The first-order chi connectivity index (χ1) is 12.0. The second-order valence-electron chi connectivity index (χ2n) is 5.79. The molecule has 0 aliphatic carbocycles. The third-order valence-electron chi connectivity index (χ3n) is 3.70. The van der Waals surface area contributed by atoms with Crippen LogP contribution in [-0.4, -0.2) is 17.8 Å². The van der Waals surface area contributed by atoms with Crippen LogP contribution in [-0.2, 0) is 6.42 Å². The molecule has 0 unspecified atom stereocenters. The van der Waals surface area contributed by atoms with E-state index in [1.807, 2.05) is 24.4 Å². The molecule has 0 fully saturated rings. The molecule has 0 atom stereocenters. The molecular formula is C20H22F3NO. The van der Waals surface area contributed by atoms with Gasteiger partial charge in [0, 0.05) is 17.8 Å². The molecule has 2 rings (SSSR count). The van der Waals surface area contributed by atoms with Crippen LogP contribution in [0.4, 0.5) is 13.2 Å². The van der Waals surface area contributed by atoms with E-state index in [0.29, 0.717) is 5.75 Å². The third kappa shape index (κ3) is 6.99. The van der Waals surface area contributed by atoms with Crippen LogP contribution in [0.2, 0.25) is 0 Å². The Morgan fingerprint density at radius 2 is 1.80 bits per heavy atom. The molecule has 1 heterocycles. The average molecular weight is 349 g/mol. The molecule has 2 aromatic rings. The van der Waals surface area contributed by atoms with Crippen molar-refractivity contribution >= 4 is 0 Å². The maximum atomic E-state index is 12.0. The normalized spacial score (nSPS) is 11.8. The van der Waals surface area contributed by atoms with Gasteiger partial charge in [-0.25, -0.2) is 0 Å². The molecule has 0 aliphatic heterocycles. The highest BCUT2D eigenvalue weighted by atomic mass is 19.4. The van der Waals surface area contributed by atoms with E-state index in [4.69, 9.17) is 4.74 Å². The molecule has 0 aliphatic rings. The minimum atomic E-state index is -4.30. The molecular weight excluding hydrogens is 327 g/mol. The quantitative estimate of drug-likeness (QED) is 0.432. The third-order valence-corrected chi connectivity index (χ3v) is 3.70. The lowest BCUT2D eigenvalue weighted by atomic mass is 10.1. The van der Waals surface area contributed by atoms with Crippen LogP contribution in [0.5, 0.6) is 5.75 Å². The Bertz CT molecular complexity index is 661. The lowest BCUT2D eigenvalue weighted by Crippen LogP contribution is -2.02. The second-order valence-corrected chi connectivity index (χ2v) is 5.79. The number of halogens is 3. The molecule has 0 bridgehead atoms. The lowest BCUT2D eigenvalue weighted by molar-refractivity contribution is -0.0801. The molecule has 134 valence electrons. The predicted octanol–water partition coefficient (Wildman–Crippen LogP) is 5.98. The highest BCUT2D eigenvalue weighted by Crippen LogP contribution is 2.21. The Balaban J connectivity index is 1.90. The molecule has 0 spiro atoms. The SMILES string of the molecule is CCCCCc1ccc(-c2ccc(OCC=CC(F)(F)F)cc2)nc1. The molecule has 0 amide bonds. The maximum Gasteiger partial charge on any atom is 0.409 e. The van der Waals surface area contributed by atoms with Gasteiger partial charge in [-0.2, -0.15) is 13.2 Å². The van der Waals surface area contributed by atoms with E-state index < -0.39 is 6.18 Å². The summed E-state index contributed by atoms with van der Waals surface area (Å²) in [4.78, 5) is 4.48. The summed E-state index contributed by atoms with van der Waals surface area (Å²) in [6.45, 7) is 2.06. The molecule has 0 saturated heterocycles. The van der Waals surface area contributed by atoms with Crippen molar-refractivity contribution in [3.63, 3.8) is 0 Å². The molecule has 1 aromatic heterocycles. The molecule has 25 heavy (non-hydrogen) atoms. The van der Waals surface area contributed by atoms with Crippen molar-refractivity contribution in [3.05, 3.63) is 60.3 Å². The highest BCUT2D eigenvalue weighted by molar-refractivity contribution is 5.60. The average Bonchev–Trinajstić information content (AvgIpc) is 2.59. The standard InChI is InChI=1S/C20H22F3NO/c1-2-3-4-6-16-7-12-19(24-15-16)17-8-10-18(11-9-17)25-14-5-13-20(21,22)23/h5,7-13,15H,2-4,6,14H2,1H3. The van der Waals surface area contributed by atoms with Gasteiger partial charge in [0.1, 0.15) is 12.4 Å². The topological polar surface area (TPSA) is 22.1 Å². The number of hydrogen-bond acceptors (Lipinski definition) is 2. The van der Waals surface area contributed by atoms with Gasteiger partial charge in [-0.15, -0.1) is 0 Å². The first kappa shape index (κ1) is 19.0. The molecule has 0 radical (unpaired) electrons. The summed E-state index contributed by atoms with van der Waals surface area (Å²) in [5, 5.41) is 0. The van der Waals surface area contributed by atoms with Gasteiger partial charge >= 0.3 is 6.18 Å². The summed E-state index contributed by atoms with van der Waals surface area (Å²) in [6.07, 6.45) is 3.36. The smallest absolute Gasteiger partial charge is 0.409 e. The Morgan fingerprint density at radius 1 is 1.04 bits per heavy atom. The minimum absolute atomic E-state index is 0.121. The number of ether oxygens (including phenoxy) is 1. The Kier molecular flexibility index (Phi) is 7.04. The minimum Gasteiger partial charge on any atom is -0.490 e. The number of aryl methyl sites for hydroxylation is 1. The number of benzene rings is 1.